The van der Waals surface area contributed by atoms with Crippen LogP contribution in [0.2, 0.25) is 0 Å². The summed E-state index contributed by atoms with van der Waals surface area (Å²) in [6, 6.07) is 0.111. The minimum Gasteiger partial charge on any atom is -0.212 e. The molecule has 0 N–H and O–H groups in total. The van der Waals surface area contributed by atoms with Crippen LogP contribution < -0.4 is 0 Å². The average molecular weight is 286 g/mol. The van der Waals surface area contributed by atoms with Gasteiger partial charge >= 0.3 is 0 Å². The Morgan fingerprint density at radius 3 is 2.69 bits per heavy atom. The van der Waals surface area contributed by atoms with Crippen molar-refractivity contribution in [3.8, 4) is 0 Å². The molecule has 0 aromatic heterocycles. The second-order valence-corrected chi connectivity index (χ2v) is 8.04. The molecule has 0 bridgehead atoms. The molecule has 3 nitrogen and oxygen atoms in total. The van der Waals surface area contributed by atoms with Crippen LogP contribution in [0.15, 0.2) is 0 Å². The fourth-order valence-corrected chi connectivity index (χ4v) is 5.14. The molecule has 1 aliphatic rings. The Balaban J connectivity index is 2.59. The van der Waals surface area contributed by atoms with Crippen molar-refractivity contribution in [3.05, 3.63) is 0 Å². The third-order valence-electron chi connectivity index (χ3n) is 2.97. The molecule has 96 valence electrons. The van der Waals surface area contributed by atoms with E-state index in [1.54, 1.807) is 4.31 Å². The van der Waals surface area contributed by atoms with Crippen LogP contribution in [0.3, 0.4) is 0 Å². The lowest BCUT2D eigenvalue weighted by Crippen LogP contribution is -2.48. The second-order valence-electron chi connectivity index (χ2n) is 4.14. The molecule has 0 spiro atoms. The minimum absolute atomic E-state index is 0.111. The van der Waals surface area contributed by atoms with Crippen molar-refractivity contribution < 1.29 is 8.42 Å². The molecule has 1 fully saturated rings. The van der Waals surface area contributed by atoms with E-state index < -0.39 is 10.0 Å². The zero-order valence-corrected chi connectivity index (χ0v) is 12.2. The molecule has 6 heteroatoms. The van der Waals surface area contributed by atoms with E-state index in [2.05, 4.69) is 6.92 Å². The van der Waals surface area contributed by atoms with Crippen LogP contribution in [0.5, 0.6) is 0 Å². The highest BCUT2D eigenvalue weighted by atomic mass is 35.5. The maximum atomic E-state index is 12.1. The van der Waals surface area contributed by atoms with Crippen molar-refractivity contribution in [3.63, 3.8) is 0 Å². The molecule has 16 heavy (non-hydrogen) atoms. The summed E-state index contributed by atoms with van der Waals surface area (Å²) in [6.07, 6.45) is 1.43. The number of nitrogens with zero attached hydrogens (tertiary/aromatic N) is 1. The molecular formula is C10H20ClNO2S2. The molecule has 1 heterocycles. The molecule has 2 unspecified atom stereocenters. The van der Waals surface area contributed by atoms with Gasteiger partial charge in [-0.15, -0.1) is 11.6 Å². The summed E-state index contributed by atoms with van der Waals surface area (Å²) in [7, 11) is -3.08. The van der Waals surface area contributed by atoms with E-state index in [-0.39, 0.29) is 11.8 Å². The summed E-state index contributed by atoms with van der Waals surface area (Å²) in [6.45, 7) is 4.74. The van der Waals surface area contributed by atoms with E-state index >= 15 is 0 Å². The lowest BCUT2D eigenvalue weighted by molar-refractivity contribution is 0.340. The van der Waals surface area contributed by atoms with E-state index in [0.717, 1.165) is 12.2 Å². The Morgan fingerprint density at radius 1 is 1.38 bits per heavy atom. The van der Waals surface area contributed by atoms with Gasteiger partial charge in [0.25, 0.3) is 0 Å². The molecule has 1 aliphatic heterocycles. The quantitative estimate of drug-likeness (QED) is 0.574. The molecule has 0 aromatic carbocycles. The molecule has 2 atom stereocenters. The summed E-state index contributed by atoms with van der Waals surface area (Å²) in [5.41, 5.74) is 0. The van der Waals surface area contributed by atoms with Crippen LogP contribution in [0, 0.1) is 0 Å². The summed E-state index contributed by atoms with van der Waals surface area (Å²) < 4.78 is 25.8. The summed E-state index contributed by atoms with van der Waals surface area (Å²) in [4.78, 5) is 0. The Bertz CT molecular complexity index is 308. The van der Waals surface area contributed by atoms with Crippen LogP contribution in [0.25, 0.3) is 0 Å². The second kappa shape index (κ2) is 6.47. The van der Waals surface area contributed by atoms with Crippen molar-refractivity contribution in [2.45, 2.75) is 38.0 Å². The lowest BCUT2D eigenvalue weighted by Gasteiger charge is -2.36. The Kier molecular flexibility index (Phi) is 5.91. The molecule has 0 aliphatic carbocycles. The van der Waals surface area contributed by atoms with Crippen LogP contribution in [0.4, 0.5) is 0 Å². The summed E-state index contributed by atoms with van der Waals surface area (Å²) >= 11 is 7.40. The van der Waals surface area contributed by atoms with Crippen molar-refractivity contribution in [2.24, 2.45) is 0 Å². The predicted molar refractivity (Wildman–Crippen MR) is 71.8 cm³/mol. The monoisotopic (exact) mass is 285 g/mol. The normalized spacial score (nSPS) is 28.2. The number of thioether (sulfide) groups is 1. The van der Waals surface area contributed by atoms with E-state index in [9.17, 15) is 8.42 Å². The van der Waals surface area contributed by atoms with Gasteiger partial charge in [-0.2, -0.15) is 16.1 Å². The van der Waals surface area contributed by atoms with Crippen LogP contribution in [0.1, 0.15) is 26.7 Å². The predicted octanol–water partition coefficient (Wildman–Crippen LogP) is 2.16. The highest BCUT2D eigenvalue weighted by Gasteiger charge is 2.33. The largest absolute Gasteiger partial charge is 0.214 e. The van der Waals surface area contributed by atoms with Gasteiger partial charge < -0.3 is 0 Å². The number of sulfonamides is 1. The first-order valence-corrected chi connectivity index (χ1v) is 8.85. The van der Waals surface area contributed by atoms with E-state index in [1.807, 2.05) is 18.7 Å². The number of unbranched alkanes of at least 4 members (excludes halogenated alkanes) is 1. The lowest BCUT2D eigenvalue weighted by atomic mass is 10.2. The van der Waals surface area contributed by atoms with Gasteiger partial charge in [0, 0.05) is 29.5 Å². The number of hydrogen-bond acceptors (Lipinski definition) is 3. The van der Waals surface area contributed by atoms with Crippen LogP contribution in [-0.4, -0.2) is 47.9 Å². The molecule has 1 saturated heterocycles. The van der Waals surface area contributed by atoms with E-state index in [4.69, 9.17) is 11.6 Å². The molecule has 0 saturated carbocycles. The highest BCUT2D eigenvalue weighted by Crippen LogP contribution is 2.26. The van der Waals surface area contributed by atoms with Gasteiger partial charge in [-0.05, 0) is 19.8 Å². The molecule has 1 rings (SSSR count). The third kappa shape index (κ3) is 3.79. The average Bonchev–Trinajstić information content (AvgIpc) is 2.22. The minimum atomic E-state index is -3.08. The van der Waals surface area contributed by atoms with Crippen molar-refractivity contribution in [2.75, 3.05) is 23.9 Å². The summed E-state index contributed by atoms with van der Waals surface area (Å²) in [5, 5.41) is 0.386. The molecule has 0 radical (unpaired) electrons. The van der Waals surface area contributed by atoms with Crippen molar-refractivity contribution in [1.82, 2.24) is 4.31 Å². The van der Waals surface area contributed by atoms with Crippen molar-refractivity contribution >= 4 is 33.4 Å². The fraction of sp³-hybridized carbons (Fsp3) is 1.00. The smallest absolute Gasteiger partial charge is 0.212 e. The first-order valence-electron chi connectivity index (χ1n) is 5.66. The highest BCUT2D eigenvalue weighted by molar-refractivity contribution is 8.00. The third-order valence-corrected chi connectivity index (χ3v) is 6.61. The zero-order valence-electron chi connectivity index (χ0n) is 9.86. The van der Waals surface area contributed by atoms with Crippen LogP contribution in [-0.2, 0) is 10.0 Å². The zero-order chi connectivity index (χ0) is 12.2. The van der Waals surface area contributed by atoms with Gasteiger partial charge in [0.05, 0.1) is 5.75 Å². The van der Waals surface area contributed by atoms with Crippen molar-refractivity contribution in [1.29, 1.82) is 0 Å². The summed E-state index contributed by atoms with van der Waals surface area (Å²) in [5.74, 6) is 1.68. The van der Waals surface area contributed by atoms with E-state index in [1.165, 1.54) is 0 Å². The van der Waals surface area contributed by atoms with Gasteiger partial charge in [0.15, 0.2) is 0 Å². The Morgan fingerprint density at radius 2 is 2.06 bits per heavy atom. The number of hydrogen-bond donors (Lipinski definition) is 0. The molecule has 0 amide bonds. The number of halogens is 1. The Labute approximate surface area is 108 Å². The standard InChI is InChI=1S/C10H20ClNO2S2/c1-9-10(2)15-7-6-12(9)16(13,14)8-4-3-5-11/h9-10H,3-8H2,1-2H3. The molecular weight excluding hydrogens is 266 g/mol. The molecule has 0 aromatic rings. The fourth-order valence-electron chi connectivity index (χ4n) is 1.79. The maximum absolute atomic E-state index is 12.1. The van der Waals surface area contributed by atoms with Gasteiger partial charge in [-0.1, -0.05) is 6.92 Å². The number of alkyl halides is 1. The van der Waals surface area contributed by atoms with E-state index in [0.29, 0.717) is 24.1 Å². The first kappa shape index (κ1) is 14.6. The number of rotatable bonds is 5. The van der Waals surface area contributed by atoms with Gasteiger partial charge in [0.1, 0.15) is 0 Å². The first-order chi connectivity index (χ1) is 7.49. The topological polar surface area (TPSA) is 37.4 Å². The SMILES string of the molecule is CC1SCCN(S(=O)(=O)CCCCCl)C1C. The van der Waals surface area contributed by atoms with Gasteiger partial charge in [-0.3, -0.25) is 0 Å². The Hall–Kier alpha value is 0.550. The maximum Gasteiger partial charge on any atom is 0.214 e. The van der Waals surface area contributed by atoms with Gasteiger partial charge in [-0.25, -0.2) is 8.42 Å². The van der Waals surface area contributed by atoms with Gasteiger partial charge in [0.2, 0.25) is 10.0 Å². The van der Waals surface area contributed by atoms with Crippen LogP contribution >= 0.6 is 23.4 Å².